The van der Waals surface area contributed by atoms with Crippen molar-refractivity contribution in [3.63, 3.8) is 0 Å². The van der Waals surface area contributed by atoms with Crippen LogP contribution in [-0.4, -0.2) is 32.9 Å². The quantitative estimate of drug-likeness (QED) is 0.569. The first-order valence-electron chi connectivity index (χ1n) is 8.25. The first-order chi connectivity index (χ1) is 12.9. The Morgan fingerprint density at radius 1 is 0.963 bits per heavy atom. The molecule has 0 aliphatic carbocycles. The van der Waals surface area contributed by atoms with Crippen molar-refractivity contribution >= 4 is 5.96 Å². The number of guanidine groups is 1. The molecule has 0 aliphatic heterocycles. The highest BCUT2D eigenvalue weighted by molar-refractivity contribution is 5.79. The number of nitrogens with one attached hydrogen (secondary N) is 2. The molecule has 0 fully saturated rings. The summed E-state index contributed by atoms with van der Waals surface area (Å²) < 4.78 is 46.7. The van der Waals surface area contributed by atoms with Crippen LogP contribution in [0.3, 0.4) is 0 Å². The molecule has 0 spiro atoms. The lowest BCUT2D eigenvalue weighted by Crippen LogP contribution is -2.36. The number of benzene rings is 2. The van der Waals surface area contributed by atoms with Crippen LogP contribution in [0.4, 0.5) is 13.2 Å². The van der Waals surface area contributed by atoms with Gasteiger partial charge < -0.3 is 20.1 Å². The number of aliphatic imine (C=N–C) groups is 1. The van der Waals surface area contributed by atoms with Crippen molar-refractivity contribution in [2.24, 2.45) is 4.99 Å². The van der Waals surface area contributed by atoms with Gasteiger partial charge in [-0.1, -0.05) is 24.3 Å². The van der Waals surface area contributed by atoms with Crippen LogP contribution >= 0.6 is 0 Å². The van der Waals surface area contributed by atoms with Crippen molar-refractivity contribution in [1.82, 2.24) is 10.6 Å². The van der Waals surface area contributed by atoms with Gasteiger partial charge in [0.15, 0.2) is 12.6 Å². The second-order valence-corrected chi connectivity index (χ2v) is 5.68. The normalized spacial score (nSPS) is 11.8. The van der Waals surface area contributed by atoms with Crippen LogP contribution in [0, 0.1) is 0 Å². The van der Waals surface area contributed by atoms with Crippen LogP contribution in [0.15, 0.2) is 53.5 Å². The van der Waals surface area contributed by atoms with E-state index < -0.39 is 12.8 Å². The molecule has 0 atom stereocenters. The van der Waals surface area contributed by atoms with Gasteiger partial charge in [-0.25, -0.2) is 0 Å². The summed E-state index contributed by atoms with van der Waals surface area (Å²) in [5.74, 6) is 1.51. The van der Waals surface area contributed by atoms with Gasteiger partial charge in [0.1, 0.15) is 11.5 Å². The number of ether oxygens (including phenoxy) is 2. The number of hydrogen-bond acceptors (Lipinski definition) is 3. The molecule has 0 saturated carbocycles. The second-order valence-electron chi connectivity index (χ2n) is 5.68. The lowest BCUT2D eigenvalue weighted by atomic mass is 10.2. The molecule has 2 rings (SSSR count). The van der Waals surface area contributed by atoms with Crippen molar-refractivity contribution in [3.05, 3.63) is 59.7 Å². The van der Waals surface area contributed by atoms with Crippen LogP contribution in [0.2, 0.25) is 0 Å². The van der Waals surface area contributed by atoms with E-state index in [1.54, 1.807) is 32.4 Å². The van der Waals surface area contributed by atoms with Crippen molar-refractivity contribution in [2.75, 3.05) is 20.8 Å². The lowest BCUT2D eigenvalue weighted by molar-refractivity contribution is -0.153. The molecule has 8 heteroatoms. The van der Waals surface area contributed by atoms with Crippen LogP contribution in [0.1, 0.15) is 11.1 Å². The maximum Gasteiger partial charge on any atom is 0.422 e. The molecule has 5 nitrogen and oxygen atoms in total. The molecule has 0 amide bonds. The number of rotatable bonds is 7. The van der Waals surface area contributed by atoms with Crippen molar-refractivity contribution in [3.8, 4) is 11.5 Å². The molecule has 0 saturated heterocycles. The van der Waals surface area contributed by atoms with E-state index in [9.17, 15) is 13.2 Å². The molecule has 27 heavy (non-hydrogen) atoms. The van der Waals surface area contributed by atoms with E-state index in [0.29, 0.717) is 19.0 Å². The predicted molar refractivity (Wildman–Crippen MR) is 98.0 cm³/mol. The van der Waals surface area contributed by atoms with Gasteiger partial charge in [-0.2, -0.15) is 13.2 Å². The van der Waals surface area contributed by atoms with Crippen molar-refractivity contribution in [2.45, 2.75) is 19.3 Å². The highest BCUT2D eigenvalue weighted by atomic mass is 19.4. The van der Waals surface area contributed by atoms with Gasteiger partial charge in [0.25, 0.3) is 0 Å². The van der Waals surface area contributed by atoms with E-state index in [2.05, 4.69) is 15.6 Å². The van der Waals surface area contributed by atoms with Gasteiger partial charge in [-0.05, 0) is 35.4 Å². The monoisotopic (exact) mass is 381 g/mol. The zero-order valence-corrected chi connectivity index (χ0v) is 15.1. The molecular weight excluding hydrogens is 359 g/mol. The van der Waals surface area contributed by atoms with E-state index >= 15 is 0 Å². The third-order valence-corrected chi connectivity index (χ3v) is 3.58. The molecule has 146 valence electrons. The fourth-order valence-corrected chi connectivity index (χ4v) is 2.29. The van der Waals surface area contributed by atoms with Crippen LogP contribution < -0.4 is 20.1 Å². The van der Waals surface area contributed by atoms with Gasteiger partial charge in [0, 0.05) is 20.1 Å². The summed E-state index contributed by atoms with van der Waals surface area (Å²) in [6.45, 7) is -0.375. The maximum atomic E-state index is 12.2. The van der Waals surface area contributed by atoms with E-state index in [1.165, 1.54) is 6.07 Å². The summed E-state index contributed by atoms with van der Waals surface area (Å²) in [5.41, 5.74) is 1.80. The molecule has 0 unspecified atom stereocenters. The average Bonchev–Trinajstić information content (AvgIpc) is 2.66. The van der Waals surface area contributed by atoms with Gasteiger partial charge >= 0.3 is 6.18 Å². The van der Waals surface area contributed by atoms with Gasteiger partial charge in [-0.15, -0.1) is 0 Å². The third-order valence-electron chi connectivity index (χ3n) is 3.58. The summed E-state index contributed by atoms with van der Waals surface area (Å²) in [5, 5.41) is 6.28. The summed E-state index contributed by atoms with van der Waals surface area (Å²) in [4.78, 5) is 4.13. The van der Waals surface area contributed by atoms with Gasteiger partial charge in [0.2, 0.25) is 0 Å². The Kier molecular flexibility index (Phi) is 7.34. The van der Waals surface area contributed by atoms with Crippen molar-refractivity contribution < 1.29 is 22.6 Å². The van der Waals surface area contributed by atoms with Crippen LogP contribution in [-0.2, 0) is 13.1 Å². The topological polar surface area (TPSA) is 54.9 Å². The minimum absolute atomic E-state index is 0.172. The zero-order chi connectivity index (χ0) is 19.7. The Morgan fingerprint density at radius 3 is 2.04 bits per heavy atom. The minimum Gasteiger partial charge on any atom is -0.497 e. The molecule has 2 N–H and O–H groups in total. The molecule has 2 aromatic carbocycles. The summed E-state index contributed by atoms with van der Waals surface area (Å²) in [6, 6.07) is 14.1. The van der Waals surface area contributed by atoms with E-state index in [4.69, 9.17) is 9.47 Å². The first-order valence-corrected chi connectivity index (χ1v) is 8.25. The SMILES string of the molecule is CN=C(NCc1cccc(OC)c1)NCc1cccc(OCC(F)(F)F)c1. The van der Waals surface area contributed by atoms with Crippen molar-refractivity contribution in [1.29, 1.82) is 0 Å². The van der Waals surface area contributed by atoms with E-state index in [-0.39, 0.29) is 5.75 Å². The molecular formula is C19H22F3N3O2. The van der Waals surface area contributed by atoms with Crippen LogP contribution in [0.5, 0.6) is 11.5 Å². The fourth-order valence-electron chi connectivity index (χ4n) is 2.29. The standard InChI is InChI=1S/C19H22F3N3O2/c1-23-18(24-11-14-5-3-7-16(9-14)26-2)25-12-15-6-4-8-17(10-15)27-13-19(20,21)22/h3-10H,11-13H2,1-2H3,(H2,23,24,25). The number of methoxy groups -OCH3 is 1. The smallest absolute Gasteiger partial charge is 0.422 e. The molecule has 2 aromatic rings. The molecule has 0 aliphatic rings. The third kappa shape index (κ3) is 7.47. The second kappa shape index (κ2) is 9.70. The Bertz CT molecular complexity index is 764. The Labute approximate surface area is 156 Å². The number of hydrogen-bond donors (Lipinski definition) is 2. The lowest BCUT2D eigenvalue weighted by Gasteiger charge is -2.13. The van der Waals surface area contributed by atoms with Crippen LogP contribution in [0.25, 0.3) is 0 Å². The summed E-state index contributed by atoms with van der Waals surface area (Å²) in [6.07, 6.45) is -4.36. The molecule has 0 aromatic heterocycles. The van der Waals surface area contributed by atoms with E-state index in [0.717, 1.165) is 16.9 Å². The highest BCUT2D eigenvalue weighted by Gasteiger charge is 2.28. The number of alkyl halides is 3. The number of halogens is 3. The first kappa shape index (κ1) is 20.4. The van der Waals surface area contributed by atoms with Gasteiger partial charge in [0.05, 0.1) is 7.11 Å². The van der Waals surface area contributed by atoms with E-state index in [1.807, 2.05) is 24.3 Å². The highest BCUT2D eigenvalue weighted by Crippen LogP contribution is 2.19. The Morgan fingerprint density at radius 2 is 1.52 bits per heavy atom. The number of nitrogens with zero attached hydrogens (tertiary/aromatic N) is 1. The fraction of sp³-hybridized carbons (Fsp3) is 0.316. The summed E-state index contributed by atoms with van der Waals surface area (Å²) >= 11 is 0. The Balaban J connectivity index is 1.86. The Hall–Kier alpha value is -2.90. The zero-order valence-electron chi connectivity index (χ0n) is 15.1. The maximum absolute atomic E-state index is 12.2. The minimum atomic E-state index is -4.36. The summed E-state index contributed by atoms with van der Waals surface area (Å²) in [7, 11) is 3.25. The largest absolute Gasteiger partial charge is 0.497 e. The van der Waals surface area contributed by atoms with Gasteiger partial charge in [-0.3, -0.25) is 4.99 Å². The average molecular weight is 381 g/mol. The molecule has 0 heterocycles. The molecule has 0 bridgehead atoms. The predicted octanol–water partition coefficient (Wildman–Crippen LogP) is 3.50. The molecule has 0 radical (unpaired) electrons.